The van der Waals surface area contributed by atoms with Crippen molar-refractivity contribution in [1.29, 1.82) is 0 Å². The molecule has 0 bridgehead atoms. The molecule has 3 rings (SSSR count). The highest BCUT2D eigenvalue weighted by Crippen LogP contribution is 2.50. The maximum Gasteiger partial charge on any atom is 0.0628 e. The van der Waals surface area contributed by atoms with Crippen molar-refractivity contribution in [2.75, 3.05) is 34.2 Å². The van der Waals surface area contributed by atoms with E-state index in [9.17, 15) is 0 Å². The van der Waals surface area contributed by atoms with Crippen LogP contribution in [0.25, 0.3) is 0 Å². The van der Waals surface area contributed by atoms with Gasteiger partial charge in [0.25, 0.3) is 0 Å². The van der Waals surface area contributed by atoms with Crippen molar-refractivity contribution in [3.8, 4) is 0 Å². The maximum absolute atomic E-state index is 2.53. The first kappa shape index (κ1) is 19.8. The fourth-order valence-corrected chi connectivity index (χ4v) is 6.14. The highest BCUT2D eigenvalue weighted by atomic mass is 31.1. The fraction of sp³-hybridized carbons (Fsp3) is 0.250. The van der Waals surface area contributed by atoms with Crippen molar-refractivity contribution in [1.82, 2.24) is 9.80 Å². The van der Waals surface area contributed by atoms with E-state index in [0.717, 1.165) is 13.1 Å². The molecule has 0 N–H and O–H groups in total. The second kappa shape index (κ2) is 9.80. The SMILES string of the molecule is CN(C)CCN(C)C(c1ccccc1)P(c1ccccc1)c1ccccc1. The van der Waals surface area contributed by atoms with Crippen LogP contribution in [0.15, 0.2) is 91.0 Å². The van der Waals surface area contributed by atoms with Gasteiger partial charge in [-0.15, -0.1) is 0 Å². The summed E-state index contributed by atoms with van der Waals surface area (Å²) in [7, 11) is 6.00. The topological polar surface area (TPSA) is 6.48 Å². The van der Waals surface area contributed by atoms with Gasteiger partial charge in [0.2, 0.25) is 0 Å². The van der Waals surface area contributed by atoms with E-state index in [-0.39, 0.29) is 0 Å². The number of benzene rings is 3. The van der Waals surface area contributed by atoms with Crippen molar-refractivity contribution in [2.24, 2.45) is 0 Å². The van der Waals surface area contributed by atoms with Gasteiger partial charge in [-0.1, -0.05) is 91.0 Å². The van der Waals surface area contributed by atoms with Crippen LogP contribution in [0.5, 0.6) is 0 Å². The van der Waals surface area contributed by atoms with Crippen molar-refractivity contribution < 1.29 is 0 Å². The number of hydrogen-bond donors (Lipinski definition) is 0. The molecule has 1 atom stereocenters. The van der Waals surface area contributed by atoms with Crippen molar-refractivity contribution in [3.05, 3.63) is 96.6 Å². The number of rotatable bonds is 8. The Bertz CT molecular complexity index is 751. The van der Waals surface area contributed by atoms with Gasteiger partial charge in [-0.2, -0.15) is 0 Å². The molecule has 0 aliphatic rings. The molecule has 27 heavy (non-hydrogen) atoms. The van der Waals surface area contributed by atoms with E-state index in [1.54, 1.807) is 0 Å². The van der Waals surface area contributed by atoms with Crippen LogP contribution in [-0.4, -0.2) is 44.0 Å². The summed E-state index contributed by atoms with van der Waals surface area (Å²) < 4.78 is 0. The molecule has 1 unspecified atom stereocenters. The zero-order chi connectivity index (χ0) is 19.1. The molecule has 2 nitrogen and oxygen atoms in total. The molecule has 0 aliphatic heterocycles. The molecule has 0 radical (unpaired) electrons. The van der Waals surface area contributed by atoms with Crippen LogP contribution in [0.4, 0.5) is 0 Å². The van der Waals surface area contributed by atoms with Crippen LogP contribution < -0.4 is 10.6 Å². The number of likely N-dealkylation sites (N-methyl/N-ethyl adjacent to an activating group) is 2. The summed E-state index contributed by atoms with van der Waals surface area (Å²) in [6, 6.07) is 33.0. The molecule has 3 heteroatoms. The maximum atomic E-state index is 2.53. The van der Waals surface area contributed by atoms with E-state index in [1.807, 2.05) is 0 Å². The molecule has 0 amide bonds. The largest absolute Gasteiger partial charge is 0.308 e. The molecule has 0 saturated heterocycles. The van der Waals surface area contributed by atoms with Crippen LogP contribution in [-0.2, 0) is 0 Å². The summed E-state index contributed by atoms with van der Waals surface area (Å²) in [4.78, 5) is 4.78. The quantitative estimate of drug-likeness (QED) is 0.541. The van der Waals surface area contributed by atoms with Gasteiger partial charge in [0.1, 0.15) is 0 Å². The summed E-state index contributed by atoms with van der Waals surface area (Å²) in [5.74, 6) is 0.339. The molecule has 0 aliphatic carbocycles. The Morgan fingerprint density at radius 2 is 1.07 bits per heavy atom. The van der Waals surface area contributed by atoms with Gasteiger partial charge in [-0.05, 0) is 45.2 Å². The molecule has 140 valence electrons. The lowest BCUT2D eigenvalue weighted by atomic mass is 10.2. The lowest BCUT2D eigenvalue weighted by Gasteiger charge is -2.36. The van der Waals surface area contributed by atoms with Crippen LogP contribution >= 0.6 is 7.92 Å². The molecular weight excluding hydrogens is 347 g/mol. The average molecular weight is 376 g/mol. The monoisotopic (exact) mass is 376 g/mol. The first-order chi connectivity index (χ1) is 13.2. The summed E-state index contributed by atoms with van der Waals surface area (Å²) in [5, 5.41) is 2.84. The third-order valence-electron chi connectivity index (χ3n) is 4.73. The number of nitrogens with zero attached hydrogens (tertiary/aromatic N) is 2. The van der Waals surface area contributed by atoms with Crippen LogP contribution in [0.2, 0.25) is 0 Å². The highest BCUT2D eigenvalue weighted by molar-refractivity contribution is 7.73. The van der Waals surface area contributed by atoms with E-state index in [2.05, 4.69) is 122 Å². The Kier molecular flexibility index (Phi) is 7.18. The van der Waals surface area contributed by atoms with Gasteiger partial charge in [-0.25, -0.2) is 0 Å². The van der Waals surface area contributed by atoms with Gasteiger partial charge >= 0.3 is 0 Å². The molecule has 3 aromatic carbocycles. The minimum atomic E-state index is -0.553. The van der Waals surface area contributed by atoms with E-state index in [4.69, 9.17) is 0 Å². The first-order valence-corrected chi connectivity index (χ1v) is 10.9. The molecular formula is C24H29N2P. The predicted octanol–water partition coefficient (Wildman–Crippen LogP) is 4.31. The number of hydrogen-bond acceptors (Lipinski definition) is 2. The molecule has 0 saturated carbocycles. The second-order valence-electron chi connectivity index (χ2n) is 7.11. The molecule has 0 aromatic heterocycles. The third kappa shape index (κ3) is 5.26. The summed E-state index contributed by atoms with van der Waals surface area (Å²) in [6.07, 6.45) is 0. The van der Waals surface area contributed by atoms with E-state index in [1.165, 1.54) is 16.2 Å². The minimum Gasteiger partial charge on any atom is -0.308 e. The Balaban J connectivity index is 2.07. The molecule has 0 spiro atoms. The normalized spacial score (nSPS) is 12.7. The van der Waals surface area contributed by atoms with Gasteiger partial charge in [0, 0.05) is 13.1 Å². The fourth-order valence-electron chi connectivity index (χ4n) is 3.31. The van der Waals surface area contributed by atoms with Crippen molar-refractivity contribution in [3.63, 3.8) is 0 Å². The zero-order valence-electron chi connectivity index (χ0n) is 16.5. The average Bonchev–Trinajstić information content (AvgIpc) is 2.72. The van der Waals surface area contributed by atoms with Crippen LogP contribution in [0.1, 0.15) is 11.3 Å². The Morgan fingerprint density at radius 3 is 1.52 bits per heavy atom. The zero-order valence-corrected chi connectivity index (χ0v) is 17.4. The second-order valence-corrected chi connectivity index (χ2v) is 9.37. The first-order valence-electron chi connectivity index (χ1n) is 9.46. The summed E-state index contributed by atoms with van der Waals surface area (Å²) in [5.41, 5.74) is 1.39. The highest BCUT2D eigenvalue weighted by Gasteiger charge is 2.29. The lowest BCUT2D eigenvalue weighted by Crippen LogP contribution is -2.34. The van der Waals surface area contributed by atoms with Gasteiger partial charge in [0.05, 0.1) is 5.78 Å². The predicted molar refractivity (Wildman–Crippen MR) is 119 cm³/mol. The van der Waals surface area contributed by atoms with Crippen molar-refractivity contribution in [2.45, 2.75) is 5.78 Å². The van der Waals surface area contributed by atoms with Gasteiger partial charge in [0.15, 0.2) is 0 Å². The summed E-state index contributed by atoms with van der Waals surface area (Å²) >= 11 is 0. The van der Waals surface area contributed by atoms with E-state index in [0.29, 0.717) is 5.78 Å². The van der Waals surface area contributed by atoms with Crippen molar-refractivity contribution >= 4 is 18.5 Å². The van der Waals surface area contributed by atoms with Crippen LogP contribution in [0, 0.1) is 0 Å². The lowest BCUT2D eigenvalue weighted by molar-refractivity contribution is 0.268. The molecule has 0 fully saturated rings. The molecule has 0 heterocycles. The standard InChI is InChI=1S/C24H29N2P/c1-25(2)19-20-26(3)24(21-13-7-4-8-14-21)27(22-15-9-5-10-16-22)23-17-11-6-12-18-23/h4-18,24H,19-20H2,1-3H3. The smallest absolute Gasteiger partial charge is 0.0628 e. The van der Waals surface area contributed by atoms with E-state index >= 15 is 0 Å². The minimum absolute atomic E-state index is 0.339. The molecule has 3 aromatic rings. The Morgan fingerprint density at radius 1 is 0.630 bits per heavy atom. The Hall–Kier alpha value is -1.99. The van der Waals surface area contributed by atoms with E-state index < -0.39 is 7.92 Å². The van der Waals surface area contributed by atoms with Gasteiger partial charge in [-0.3, -0.25) is 4.90 Å². The van der Waals surface area contributed by atoms with Crippen LogP contribution in [0.3, 0.4) is 0 Å². The Labute approximate surface area is 165 Å². The summed E-state index contributed by atoms with van der Waals surface area (Å²) in [6.45, 7) is 2.08. The van der Waals surface area contributed by atoms with Gasteiger partial charge < -0.3 is 4.90 Å². The third-order valence-corrected chi connectivity index (χ3v) is 7.62.